The molecule has 0 aliphatic heterocycles. The van der Waals surface area contributed by atoms with E-state index in [1.54, 1.807) is 0 Å². The van der Waals surface area contributed by atoms with E-state index in [1.165, 1.54) is 7.11 Å². The van der Waals surface area contributed by atoms with Crippen LogP contribution in [0, 0.1) is 0 Å². The number of aliphatic hydroxyl groups is 1. The molecule has 10 heteroatoms. The minimum absolute atomic E-state index is 0. The van der Waals surface area contributed by atoms with Crippen LogP contribution in [0.15, 0.2) is 18.2 Å². The fraction of sp³-hybridized carbons (Fsp3) is 0.333. The number of halogens is 2. The summed E-state index contributed by atoms with van der Waals surface area (Å²) in [7, 11) is -3.81. The fourth-order valence-electron chi connectivity index (χ4n) is 1.20. The molecule has 0 aromatic heterocycles. The van der Waals surface area contributed by atoms with Crippen molar-refractivity contribution in [1.82, 2.24) is 0 Å². The quantitative estimate of drug-likeness (QED) is 0.492. The molecule has 19 heavy (non-hydrogen) atoms. The van der Waals surface area contributed by atoms with E-state index >= 15 is 0 Å². The molecular formula is C9H9F2NaO6S. The molecule has 1 atom stereocenters. The summed E-state index contributed by atoms with van der Waals surface area (Å²) in [6.07, 6.45) is 0. The van der Waals surface area contributed by atoms with Gasteiger partial charge in [-0.25, -0.2) is 8.42 Å². The molecule has 0 saturated carbocycles. The van der Waals surface area contributed by atoms with Crippen LogP contribution in [0.1, 0.15) is 11.0 Å². The second-order valence-corrected chi connectivity index (χ2v) is 4.57. The van der Waals surface area contributed by atoms with Crippen molar-refractivity contribution >= 4 is 10.1 Å². The summed E-state index contributed by atoms with van der Waals surface area (Å²) in [6.45, 7) is -3.16. The van der Waals surface area contributed by atoms with Gasteiger partial charge in [-0.2, -0.15) is 8.78 Å². The van der Waals surface area contributed by atoms with Crippen LogP contribution in [0.4, 0.5) is 8.78 Å². The second-order valence-electron chi connectivity index (χ2n) is 3.13. The van der Waals surface area contributed by atoms with Gasteiger partial charge >= 0.3 is 36.2 Å². The first-order chi connectivity index (χ1) is 8.25. The van der Waals surface area contributed by atoms with E-state index in [-0.39, 0.29) is 40.9 Å². The molecule has 1 aromatic rings. The third-order valence-electron chi connectivity index (χ3n) is 1.96. The zero-order chi connectivity index (χ0) is 13.9. The standard InChI is InChI=1S/C9H10F2O6S.Na/c1-16-6-3-2-5(8(12)18(13,14)15)4-7(6)17-9(10)11;/h2-4,8-9,12H,1H3,(H,13,14,15);/q;+1/p-1. The number of alkyl halides is 2. The van der Waals surface area contributed by atoms with Gasteiger partial charge in [0.05, 0.1) is 7.11 Å². The Morgan fingerprint density at radius 2 is 1.89 bits per heavy atom. The zero-order valence-corrected chi connectivity index (χ0v) is 12.9. The molecule has 0 spiro atoms. The molecule has 0 amide bonds. The number of rotatable bonds is 5. The summed E-state index contributed by atoms with van der Waals surface area (Å²) in [6, 6.07) is 2.95. The van der Waals surface area contributed by atoms with Crippen molar-refractivity contribution in [2.75, 3.05) is 7.11 Å². The van der Waals surface area contributed by atoms with Crippen LogP contribution < -0.4 is 39.0 Å². The average molecular weight is 306 g/mol. The maximum atomic E-state index is 12.1. The van der Waals surface area contributed by atoms with E-state index in [2.05, 4.69) is 4.74 Å². The number of aliphatic hydroxyl groups excluding tert-OH is 1. The Kier molecular flexibility index (Phi) is 7.19. The maximum Gasteiger partial charge on any atom is 1.00 e. The fourth-order valence-corrected chi connectivity index (χ4v) is 1.68. The van der Waals surface area contributed by atoms with Gasteiger partial charge in [0.15, 0.2) is 16.9 Å². The Bertz CT molecular complexity index is 521. The number of benzene rings is 1. The molecule has 0 fully saturated rings. The second kappa shape index (κ2) is 7.36. The van der Waals surface area contributed by atoms with E-state index in [0.29, 0.717) is 0 Å². The van der Waals surface area contributed by atoms with Crippen molar-refractivity contribution in [2.45, 2.75) is 12.0 Å². The topological polar surface area (TPSA) is 95.9 Å². The largest absolute Gasteiger partial charge is 1.00 e. The van der Waals surface area contributed by atoms with Gasteiger partial charge in [0.25, 0.3) is 0 Å². The SMILES string of the molecule is COc1ccc(C(O)S(=O)(=O)[O-])cc1OC(F)F.[Na+]. The number of hydrogen-bond donors (Lipinski definition) is 1. The summed E-state index contributed by atoms with van der Waals surface area (Å²) in [5.41, 5.74) is -2.75. The summed E-state index contributed by atoms with van der Waals surface area (Å²) in [5.74, 6) is -0.567. The summed E-state index contributed by atoms with van der Waals surface area (Å²) < 4.78 is 64.7. The van der Waals surface area contributed by atoms with Gasteiger partial charge in [-0.05, 0) is 17.7 Å². The molecule has 102 valence electrons. The monoisotopic (exact) mass is 306 g/mol. The van der Waals surface area contributed by atoms with Crippen LogP contribution in [0.25, 0.3) is 0 Å². The Morgan fingerprint density at radius 3 is 2.32 bits per heavy atom. The Hall–Kier alpha value is -0.450. The molecule has 0 aliphatic rings. The third-order valence-corrected chi connectivity index (χ3v) is 2.78. The molecule has 1 rings (SSSR count). The van der Waals surface area contributed by atoms with Gasteiger partial charge in [0.1, 0.15) is 10.1 Å². The molecule has 1 unspecified atom stereocenters. The van der Waals surface area contributed by atoms with Crippen molar-refractivity contribution in [3.8, 4) is 11.5 Å². The van der Waals surface area contributed by atoms with Crippen molar-refractivity contribution in [3.05, 3.63) is 23.8 Å². The normalized spacial score (nSPS) is 12.7. The molecule has 6 nitrogen and oxygen atoms in total. The predicted octanol–water partition coefficient (Wildman–Crippen LogP) is -2.16. The first-order valence-corrected chi connectivity index (χ1v) is 5.98. The third kappa shape index (κ3) is 5.21. The Labute approximate surface area is 130 Å². The van der Waals surface area contributed by atoms with Crippen LogP contribution in [0.5, 0.6) is 11.5 Å². The maximum absolute atomic E-state index is 12.1. The van der Waals surface area contributed by atoms with E-state index in [9.17, 15) is 26.9 Å². The molecule has 1 N–H and O–H groups in total. The average Bonchev–Trinajstić information content (AvgIpc) is 2.26. The van der Waals surface area contributed by atoms with Gasteiger partial charge in [-0.15, -0.1) is 0 Å². The molecule has 0 heterocycles. The Morgan fingerprint density at radius 1 is 1.32 bits per heavy atom. The first-order valence-electron chi connectivity index (χ1n) is 4.51. The molecule has 1 aromatic carbocycles. The number of methoxy groups -OCH3 is 1. The number of hydrogen-bond acceptors (Lipinski definition) is 6. The molecular weight excluding hydrogens is 297 g/mol. The first kappa shape index (κ1) is 18.6. The van der Waals surface area contributed by atoms with Gasteiger partial charge < -0.3 is 19.1 Å². The summed E-state index contributed by atoms with van der Waals surface area (Å²) in [5, 5.41) is 9.19. The van der Waals surface area contributed by atoms with Crippen LogP contribution in [0.2, 0.25) is 0 Å². The van der Waals surface area contributed by atoms with Crippen molar-refractivity contribution < 1.29 is 65.9 Å². The Balaban J connectivity index is 0.00000324. The van der Waals surface area contributed by atoms with Crippen molar-refractivity contribution in [1.29, 1.82) is 0 Å². The zero-order valence-electron chi connectivity index (χ0n) is 10.0. The molecule has 0 saturated heterocycles. The van der Waals surface area contributed by atoms with Crippen LogP contribution in [0.3, 0.4) is 0 Å². The van der Waals surface area contributed by atoms with Gasteiger partial charge in [-0.1, -0.05) is 6.07 Å². The molecule has 0 radical (unpaired) electrons. The van der Waals surface area contributed by atoms with Gasteiger partial charge in [0.2, 0.25) is 0 Å². The van der Waals surface area contributed by atoms with Crippen molar-refractivity contribution in [3.63, 3.8) is 0 Å². The predicted molar refractivity (Wildman–Crippen MR) is 54.3 cm³/mol. The van der Waals surface area contributed by atoms with E-state index < -0.39 is 27.9 Å². The van der Waals surface area contributed by atoms with E-state index in [1.807, 2.05) is 0 Å². The number of ether oxygens (including phenoxy) is 2. The van der Waals surface area contributed by atoms with Crippen LogP contribution in [-0.4, -0.2) is 31.8 Å². The van der Waals surface area contributed by atoms with Gasteiger partial charge in [-0.3, -0.25) is 0 Å². The van der Waals surface area contributed by atoms with E-state index in [0.717, 1.165) is 18.2 Å². The van der Waals surface area contributed by atoms with Crippen molar-refractivity contribution in [2.24, 2.45) is 0 Å². The minimum atomic E-state index is -5.00. The minimum Gasteiger partial charge on any atom is -0.746 e. The molecule has 0 bridgehead atoms. The van der Waals surface area contributed by atoms with Gasteiger partial charge in [0, 0.05) is 0 Å². The summed E-state index contributed by atoms with van der Waals surface area (Å²) in [4.78, 5) is 0. The smallest absolute Gasteiger partial charge is 0.746 e. The van der Waals surface area contributed by atoms with Crippen LogP contribution >= 0.6 is 0 Å². The summed E-state index contributed by atoms with van der Waals surface area (Å²) >= 11 is 0. The van der Waals surface area contributed by atoms with E-state index in [4.69, 9.17) is 4.74 Å². The molecule has 0 aliphatic carbocycles. The van der Waals surface area contributed by atoms with Crippen LogP contribution in [-0.2, 0) is 10.1 Å².